The predicted molar refractivity (Wildman–Crippen MR) is 112 cm³/mol. The Balaban J connectivity index is 1.69. The third-order valence-corrected chi connectivity index (χ3v) is 6.69. The molecule has 1 aromatic rings. The van der Waals surface area contributed by atoms with Crippen LogP contribution in [0, 0.1) is 30.6 Å². The number of hydrogen-bond acceptors (Lipinski definition) is 5. The summed E-state index contributed by atoms with van der Waals surface area (Å²) in [6, 6.07) is 1.73. The van der Waals surface area contributed by atoms with E-state index in [0.29, 0.717) is 23.3 Å². The van der Waals surface area contributed by atoms with Crippen LogP contribution >= 0.6 is 0 Å². The highest BCUT2D eigenvalue weighted by molar-refractivity contribution is 6.41. The molecule has 2 amide bonds. The first-order valence-corrected chi connectivity index (χ1v) is 10.6. The SMILES string of the molecule is CC(=O)N1CCC([C@H]2CC[C@H](C)CC2C(=O)C(=O)Nc2cnc(N)c(C)c2)CC1. The Bertz CT molecular complexity index is 786. The van der Waals surface area contributed by atoms with Crippen molar-refractivity contribution in [3.63, 3.8) is 0 Å². The molecule has 3 N–H and O–H groups in total. The summed E-state index contributed by atoms with van der Waals surface area (Å²) in [4.78, 5) is 43.3. The number of carbonyl (C=O) groups excluding carboxylic acids is 3. The number of likely N-dealkylation sites (tertiary alicyclic amines) is 1. The van der Waals surface area contributed by atoms with E-state index < -0.39 is 5.91 Å². The smallest absolute Gasteiger partial charge is 0.292 e. The summed E-state index contributed by atoms with van der Waals surface area (Å²) in [5, 5.41) is 2.71. The number of anilines is 2. The average molecular weight is 401 g/mol. The van der Waals surface area contributed by atoms with Crippen molar-refractivity contribution in [1.82, 2.24) is 9.88 Å². The van der Waals surface area contributed by atoms with E-state index in [2.05, 4.69) is 17.2 Å². The van der Waals surface area contributed by atoms with Crippen molar-refractivity contribution in [3.05, 3.63) is 17.8 Å². The number of piperidine rings is 1. The van der Waals surface area contributed by atoms with Gasteiger partial charge < -0.3 is 16.0 Å². The van der Waals surface area contributed by atoms with Gasteiger partial charge in [0.1, 0.15) is 5.82 Å². The summed E-state index contributed by atoms with van der Waals surface area (Å²) < 4.78 is 0. The van der Waals surface area contributed by atoms with E-state index in [0.717, 1.165) is 50.8 Å². The molecule has 1 saturated carbocycles. The molecule has 158 valence electrons. The van der Waals surface area contributed by atoms with Crippen molar-refractivity contribution >= 4 is 29.1 Å². The van der Waals surface area contributed by atoms with Crippen LogP contribution in [0.1, 0.15) is 51.5 Å². The first-order chi connectivity index (χ1) is 13.8. The second kappa shape index (κ2) is 8.93. The van der Waals surface area contributed by atoms with Crippen LogP contribution in [0.25, 0.3) is 0 Å². The Morgan fingerprint density at radius 1 is 1.17 bits per heavy atom. The van der Waals surface area contributed by atoms with Crippen molar-refractivity contribution in [1.29, 1.82) is 0 Å². The predicted octanol–water partition coefficient (Wildman–Crippen LogP) is 2.79. The molecule has 2 heterocycles. The lowest BCUT2D eigenvalue weighted by Gasteiger charge is -2.42. The summed E-state index contributed by atoms with van der Waals surface area (Å²) in [6.45, 7) is 7.06. The lowest BCUT2D eigenvalue weighted by atomic mass is 9.65. The van der Waals surface area contributed by atoms with E-state index in [1.54, 1.807) is 13.0 Å². The van der Waals surface area contributed by atoms with E-state index in [9.17, 15) is 14.4 Å². The third-order valence-electron chi connectivity index (χ3n) is 6.69. The zero-order chi connectivity index (χ0) is 21.1. The first-order valence-electron chi connectivity index (χ1n) is 10.6. The number of pyridine rings is 1. The minimum absolute atomic E-state index is 0.111. The van der Waals surface area contributed by atoms with Crippen LogP contribution in [-0.2, 0) is 14.4 Å². The van der Waals surface area contributed by atoms with Gasteiger partial charge in [0, 0.05) is 25.9 Å². The fourth-order valence-corrected chi connectivity index (χ4v) is 4.93. The molecule has 1 aromatic heterocycles. The Kier molecular flexibility index (Phi) is 6.55. The molecule has 1 aliphatic heterocycles. The third kappa shape index (κ3) is 4.95. The van der Waals surface area contributed by atoms with Crippen LogP contribution in [0.2, 0.25) is 0 Å². The Hall–Kier alpha value is -2.44. The van der Waals surface area contributed by atoms with Crippen LogP contribution < -0.4 is 11.1 Å². The molecule has 3 atom stereocenters. The normalized spacial score (nSPS) is 25.5. The highest BCUT2D eigenvalue weighted by Crippen LogP contribution is 2.42. The molecule has 1 aliphatic carbocycles. The molecule has 1 saturated heterocycles. The zero-order valence-electron chi connectivity index (χ0n) is 17.6. The van der Waals surface area contributed by atoms with E-state index in [-0.39, 0.29) is 23.5 Å². The molecule has 1 unspecified atom stereocenters. The highest BCUT2D eigenvalue weighted by Gasteiger charge is 2.41. The number of Topliss-reactive ketones (excluding diaryl/α,β-unsaturated/α-hetero) is 1. The largest absolute Gasteiger partial charge is 0.383 e. The number of ketones is 1. The van der Waals surface area contributed by atoms with Crippen molar-refractivity contribution in [2.45, 2.75) is 52.9 Å². The number of aromatic nitrogens is 1. The van der Waals surface area contributed by atoms with Gasteiger partial charge >= 0.3 is 0 Å². The summed E-state index contributed by atoms with van der Waals surface area (Å²) in [6.07, 6.45) is 6.10. The Labute approximate surface area is 172 Å². The second-order valence-corrected chi connectivity index (χ2v) is 8.78. The van der Waals surface area contributed by atoms with Crippen LogP contribution in [0.4, 0.5) is 11.5 Å². The molecule has 0 radical (unpaired) electrons. The number of nitrogens with one attached hydrogen (secondary N) is 1. The zero-order valence-corrected chi connectivity index (χ0v) is 17.6. The van der Waals surface area contributed by atoms with Gasteiger partial charge in [-0.05, 0) is 62.0 Å². The van der Waals surface area contributed by atoms with Gasteiger partial charge in [-0.15, -0.1) is 0 Å². The number of nitrogens with two attached hydrogens (primary N) is 1. The summed E-state index contributed by atoms with van der Waals surface area (Å²) in [7, 11) is 0. The fourth-order valence-electron chi connectivity index (χ4n) is 4.93. The van der Waals surface area contributed by atoms with Gasteiger partial charge in [-0.3, -0.25) is 14.4 Å². The number of hydrogen-bond donors (Lipinski definition) is 2. The molecule has 7 heteroatoms. The summed E-state index contributed by atoms with van der Waals surface area (Å²) in [5.41, 5.74) is 6.98. The molecular weight excluding hydrogens is 368 g/mol. The average Bonchev–Trinajstić information content (AvgIpc) is 2.70. The first kappa shape index (κ1) is 21.3. The number of carbonyl (C=O) groups is 3. The lowest BCUT2D eigenvalue weighted by Crippen LogP contribution is -2.44. The van der Waals surface area contributed by atoms with Crippen LogP contribution in [0.3, 0.4) is 0 Å². The Morgan fingerprint density at radius 2 is 1.86 bits per heavy atom. The quantitative estimate of drug-likeness (QED) is 0.756. The van der Waals surface area contributed by atoms with E-state index >= 15 is 0 Å². The maximum absolute atomic E-state index is 13.1. The monoisotopic (exact) mass is 400 g/mol. The van der Waals surface area contributed by atoms with Gasteiger partial charge in [-0.25, -0.2) is 4.98 Å². The van der Waals surface area contributed by atoms with Gasteiger partial charge in [0.05, 0.1) is 11.9 Å². The van der Waals surface area contributed by atoms with Crippen LogP contribution in [-0.4, -0.2) is 40.6 Å². The fraction of sp³-hybridized carbons (Fsp3) is 0.636. The molecule has 0 spiro atoms. The van der Waals surface area contributed by atoms with E-state index in [4.69, 9.17) is 5.73 Å². The molecule has 7 nitrogen and oxygen atoms in total. The van der Waals surface area contributed by atoms with Gasteiger partial charge in [0.2, 0.25) is 11.7 Å². The van der Waals surface area contributed by atoms with E-state index in [1.165, 1.54) is 6.20 Å². The van der Waals surface area contributed by atoms with Crippen LogP contribution in [0.15, 0.2) is 12.3 Å². The maximum Gasteiger partial charge on any atom is 0.292 e. The molecule has 29 heavy (non-hydrogen) atoms. The maximum atomic E-state index is 13.1. The standard InChI is InChI=1S/C22H32N4O3/c1-13-4-5-18(16-6-8-26(9-7-16)15(3)27)19(10-13)20(28)22(29)25-17-11-14(2)21(23)24-12-17/h11-13,16,18-19H,4-10H2,1-3H3,(H2,23,24)(H,25,29)/t13-,18+,19?/m0/s1. The second-order valence-electron chi connectivity index (χ2n) is 8.78. The molecule has 2 fully saturated rings. The number of rotatable bonds is 4. The topological polar surface area (TPSA) is 105 Å². The molecular formula is C22H32N4O3. The minimum Gasteiger partial charge on any atom is -0.383 e. The van der Waals surface area contributed by atoms with Crippen molar-refractivity contribution in [3.8, 4) is 0 Å². The van der Waals surface area contributed by atoms with Crippen LogP contribution in [0.5, 0.6) is 0 Å². The number of nitrogens with zero attached hydrogens (tertiary/aromatic N) is 2. The number of nitrogen functional groups attached to an aromatic ring is 1. The summed E-state index contributed by atoms with van der Waals surface area (Å²) in [5.74, 6) is 0.408. The van der Waals surface area contributed by atoms with Gasteiger partial charge in [-0.1, -0.05) is 13.3 Å². The van der Waals surface area contributed by atoms with E-state index in [1.807, 2.05) is 11.8 Å². The van der Waals surface area contributed by atoms with Gasteiger partial charge in [0.25, 0.3) is 5.91 Å². The van der Waals surface area contributed by atoms with Gasteiger partial charge in [0.15, 0.2) is 0 Å². The van der Waals surface area contributed by atoms with Crippen molar-refractivity contribution in [2.75, 3.05) is 24.1 Å². The number of aryl methyl sites for hydroxylation is 1. The van der Waals surface area contributed by atoms with Crippen molar-refractivity contribution in [2.24, 2.45) is 23.7 Å². The minimum atomic E-state index is -0.568. The molecule has 2 aliphatic rings. The van der Waals surface area contributed by atoms with Gasteiger partial charge in [-0.2, -0.15) is 0 Å². The molecule has 0 bridgehead atoms. The summed E-state index contributed by atoms with van der Waals surface area (Å²) >= 11 is 0. The lowest BCUT2D eigenvalue weighted by molar-refractivity contribution is -0.140. The molecule has 3 rings (SSSR count). The molecule has 0 aromatic carbocycles. The Morgan fingerprint density at radius 3 is 2.48 bits per heavy atom. The highest BCUT2D eigenvalue weighted by atomic mass is 16.2. The number of amides is 2. The van der Waals surface area contributed by atoms with Crippen molar-refractivity contribution < 1.29 is 14.4 Å².